The van der Waals surface area contributed by atoms with E-state index in [1.807, 2.05) is 6.07 Å². The normalized spacial score (nSPS) is 10.7. The van der Waals surface area contributed by atoms with Crippen LogP contribution in [0.2, 0.25) is 0 Å². The number of amides is 1. The van der Waals surface area contributed by atoms with Gasteiger partial charge in [0, 0.05) is 30.9 Å². The molecule has 4 rings (SSSR count). The van der Waals surface area contributed by atoms with Gasteiger partial charge in [0.2, 0.25) is 0 Å². The second kappa shape index (κ2) is 7.70. The lowest BCUT2D eigenvalue weighted by atomic mass is 10.2. The van der Waals surface area contributed by atoms with Crippen molar-refractivity contribution in [2.45, 2.75) is 0 Å². The summed E-state index contributed by atoms with van der Waals surface area (Å²) in [5.74, 6) is 0.684. The Bertz CT molecular complexity index is 1150. The molecule has 2 N–H and O–H groups in total. The summed E-state index contributed by atoms with van der Waals surface area (Å²) in [5, 5.41) is 18.6. The van der Waals surface area contributed by atoms with Gasteiger partial charge >= 0.3 is 5.63 Å². The first kappa shape index (κ1) is 17.4. The number of para-hydroxylation sites is 1. The number of benzene rings is 1. The van der Waals surface area contributed by atoms with E-state index in [2.05, 4.69) is 25.9 Å². The van der Waals surface area contributed by atoms with E-state index < -0.39 is 11.5 Å². The van der Waals surface area contributed by atoms with E-state index in [1.165, 1.54) is 6.07 Å². The SMILES string of the molecule is O=C(NCCNc1ccc(-n2cccn2)nn1)c1cc2ccccc2oc1=O. The minimum atomic E-state index is -0.663. The first-order chi connectivity index (χ1) is 13.7. The van der Waals surface area contributed by atoms with Crippen LogP contribution in [0.5, 0.6) is 0 Å². The minimum Gasteiger partial charge on any atom is -0.422 e. The number of hydrogen-bond acceptors (Lipinski definition) is 7. The maximum atomic E-state index is 12.3. The van der Waals surface area contributed by atoms with Gasteiger partial charge in [-0.15, -0.1) is 10.2 Å². The van der Waals surface area contributed by atoms with Crippen LogP contribution in [0, 0.1) is 0 Å². The first-order valence-electron chi connectivity index (χ1n) is 8.59. The topological polar surface area (TPSA) is 115 Å². The van der Waals surface area contributed by atoms with Crippen molar-refractivity contribution >= 4 is 22.7 Å². The third kappa shape index (κ3) is 3.73. The average molecular weight is 376 g/mol. The molecule has 0 radical (unpaired) electrons. The van der Waals surface area contributed by atoms with Crippen LogP contribution in [0.15, 0.2) is 70.1 Å². The summed E-state index contributed by atoms with van der Waals surface area (Å²) in [6, 6.07) is 13.9. The van der Waals surface area contributed by atoms with E-state index in [4.69, 9.17) is 4.42 Å². The summed E-state index contributed by atoms with van der Waals surface area (Å²) in [6.45, 7) is 0.716. The molecule has 0 unspecified atom stereocenters. The van der Waals surface area contributed by atoms with E-state index in [0.29, 0.717) is 35.7 Å². The van der Waals surface area contributed by atoms with Crippen LogP contribution in [-0.2, 0) is 0 Å². The average Bonchev–Trinajstić information content (AvgIpc) is 3.26. The number of fused-ring (bicyclic) bond motifs is 1. The fraction of sp³-hybridized carbons (Fsp3) is 0.105. The Morgan fingerprint density at radius 3 is 2.75 bits per heavy atom. The van der Waals surface area contributed by atoms with Crippen molar-refractivity contribution < 1.29 is 9.21 Å². The van der Waals surface area contributed by atoms with Crippen LogP contribution < -0.4 is 16.3 Å². The molecule has 28 heavy (non-hydrogen) atoms. The predicted molar refractivity (Wildman–Crippen MR) is 102 cm³/mol. The monoisotopic (exact) mass is 376 g/mol. The second-order valence-corrected chi connectivity index (χ2v) is 5.90. The highest BCUT2D eigenvalue weighted by Crippen LogP contribution is 2.12. The number of anilines is 1. The zero-order valence-corrected chi connectivity index (χ0v) is 14.7. The van der Waals surface area contributed by atoms with Crippen LogP contribution in [0.3, 0.4) is 0 Å². The number of nitrogens with one attached hydrogen (secondary N) is 2. The Morgan fingerprint density at radius 2 is 1.96 bits per heavy atom. The van der Waals surface area contributed by atoms with Crippen molar-refractivity contribution in [2.24, 2.45) is 0 Å². The minimum absolute atomic E-state index is 0.0259. The molecule has 0 bridgehead atoms. The number of rotatable bonds is 6. The molecule has 140 valence electrons. The number of aromatic nitrogens is 4. The molecular weight excluding hydrogens is 360 g/mol. The zero-order chi connectivity index (χ0) is 19.3. The Balaban J connectivity index is 1.32. The molecule has 0 atom stereocenters. The molecule has 9 nitrogen and oxygen atoms in total. The molecule has 0 aliphatic heterocycles. The van der Waals surface area contributed by atoms with Crippen LogP contribution >= 0.6 is 0 Å². The predicted octanol–water partition coefficient (Wildman–Crippen LogP) is 1.61. The highest BCUT2D eigenvalue weighted by molar-refractivity contribution is 5.96. The summed E-state index contributed by atoms with van der Waals surface area (Å²) in [4.78, 5) is 24.2. The lowest BCUT2D eigenvalue weighted by molar-refractivity contribution is 0.0951. The molecule has 4 aromatic rings. The highest BCUT2D eigenvalue weighted by Gasteiger charge is 2.13. The summed E-state index contributed by atoms with van der Waals surface area (Å²) in [5.41, 5.74) is -0.242. The smallest absolute Gasteiger partial charge is 0.349 e. The molecule has 0 aliphatic carbocycles. The summed E-state index contributed by atoms with van der Waals surface area (Å²) in [7, 11) is 0. The van der Waals surface area contributed by atoms with Gasteiger partial charge < -0.3 is 15.1 Å². The maximum absolute atomic E-state index is 12.3. The molecule has 3 heterocycles. The van der Waals surface area contributed by atoms with Gasteiger partial charge in [0.25, 0.3) is 5.91 Å². The molecule has 1 amide bonds. The Labute approximate surface area is 159 Å². The van der Waals surface area contributed by atoms with E-state index in [9.17, 15) is 9.59 Å². The molecule has 9 heteroatoms. The van der Waals surface area contributed by atoms with Gasteiger partial charge in [-0.2, -0.15) is 5.10 Å². The summed E-state index contributed by atoms with van der Waals surface area (Å²) < 4.78 is 6.78. The standard InChI is InChI=1S/C19H16N6O3/c26-18(14-12-13-4-1-2-5-15(13)28-19(14)27)21-10-9-20-16-6-7-17(24-23-16)25-11-3-8-22-25/h1-8,11-12H,9-10H2,(H,20,23)(H,21,26). The van der Waals surface area contributed by atoms with Gasteiger partial charge in [0.05, 0.1) is 0 Å². The molecule has 3 aromatic heterocycles. The number of carbonyl (C=O) groups is 1. The molecule has 0 saturated carbocycles. The summed E-state index contributed by atoms with van der Waals surface area (Å²) >= 11 is 0. The molecule has 0 saturated heterocycles. The summed E-state index contributed by atoms with van der Waals surface area (Å²) in [6.07, 6.45) is 3.43. The third-order valence-electron chi connectivity index (χ3n) is 3.99. The number of nitrogens with zero attached hydrogens (tertiary/aromatic N) is 4. The Kier molecular flexibility index (Phi) is 4.79. The fourth-order valence-corrected chi connectivity index (χ4v) is 2.63. The Morgan fingerprint density at radius 1 is 1.07 bits per heavy atom. The van der Waals surface area contributed by atoms with Gasteiger partial charge in [-0.05, 0) is 30.3 Å². The molecule has 0 aliphatic rings. The van der Waals surface area contributed by atoms with E-state index in [0.717, 1.165) is 0 Å². The molecule has 1 aromatic carbocycles. The van der Waals surface area contributed by atoms with Crippen LogP contribution in [-0.4, -0.2) is 39.0 Å². The van der Waals surface area contributed by atoms with Gasteiger partial charge in [0.1, 0.15) is 17.0 Å². The van der Waals surface area contributed by atoms with Crippen LogP contribution in [0.4, 0.5) is 5.82 Å². The van der Waals surface area contributed by atoms with E-state index >= 15 is 0 Å². The van der Waals surface area contributed by atoms with Crippen molar-refractivity contribution in [1.82, 2.24) is 25.3 Å². The van der Waals surface area contributed by atoms with Crippen LogP contribution in [0.1, 0.15) is 10.4 Å². The lowest BCUT2D eigenvalue weighted by Gasteiger charge is -2.07. The quantitative estimate of drug-likeness (QED) is 0.388. The largest absolute Gasteiger partial charge is 0.422 e. The molecule has 0 fully saturated rings. The zero-order valence-electron chi connectivity index (χ0n) is 14.7. The van der Waals surface area contributed by atoms with Crippen LogP contribution in [0.25, 0.3) is 16.8 Å². The van der Waals surface area contributed by atoms with Crippen molar-refractivity contribution in [3.05, 3.63) is 76.9 Å². The van der Waals surface area contributed by atoms with E-state index in [-0.39, 0.29) is 5.56 Å². The maximum Gasteiger partial charge on any atom is 0.349 e. The fourth-order valence-electron chi connectivity index (χ4n) is 2.63. The van der Waals surface area contributed by atoms with Gasteiger partial charge in [-0.3, -0.25) is 4.79 Å². The van der Waals surface area contributed by atoms with Crippen molar-refractivity contribution in [1.29, 1.82) is 0 Å². The van der Waals surface area contributed by atoms with Gasteiger partial charge in [0.15, 0.2) is 5.82 Å². The molecular formula is C19H16N6O3. The van der Waals surface area contributed by atoms with Gasteiger partial charge in [-0.25, -0.2) is 9.48 Å². The second-order valence-electron chi connectivity index (χ2n) is 5.90. The van der Waals surface area contributed by atoms with E-state index in [1.54, 1.807) is 53.5 Å². The third-order valence-corrected chi connectivity index (χ3v) is 3.99. The molecule has 0 spiro atoms. The number of hydrogen-bond donors (Lipinski definition) is 2. The van der Waals surface area contributed by atoms with Gasteiger partial charge in [-0.1, -0.05) is 18.2 Å². The lowest BCUT2D eigenvalue weighted by Crippen LogP contribution is -2.32. The van der Waals surface area contributed by atoms with Crippen molar-refractivity contribution in [3.63, 3.8) is 0 Å². The van der Waals surface area contributed by atoms with Crippen molar-refractivity contribution in [3.8, 4) is 5.82 Å². The van der Waals surface area contributed by atoms with Crippen molar-refractivity contribution in [2.75, 3.05) is 18.4 Å². The highest BCUT2D eigenvalue weighted by atomic mass is 16.4. The first-order valence-corrected chi connectivity index (χ1v) is 8.59. The number of carbonyl (C=O) groups excluding carboxylic acids is 1. The Hall–Kier alpha value is -4.01.